The predicted molar refractivity (Wildman–Crippen MR) is 105 cm³/mol. The first-order valence-corrected chi connectivity index (χ1v) is 8.79. The largest absolute Gasteiger partial charge is 0.504 e. The molecule has 0 aliphatic carbocycles. The fourth-order valence-corrected chi connectivity index (χ4v) is 3.51. The molecule has 28 heavy (non-hydrogen) atoms. The Bertz CT molecular complexity index is 1140. The summed E-state index contributed by atoms with van der Waals surface area (Å²) in [5.74, 6) is -0.307. The number of methoxy groups -OCH3 is 1. The minimum absolute atomic E-state index is 0.00521. The molecule has 0 radical (unpaired) electrons. The van der Waals surface area contributed by atoms with Crippen LogP contribution in [-0.4, -0.2) is 33.6 Å². The first-order valence-electron chi connectivity index (χ1n) is 8.41. The summed E-state index contributed by atoms with van der Waals surface area (Å²) in [4.78, 5) is 20.9. The van der Waals surface area contributed by atoms with Crippen LogP contribution in [-0.2, 0) is 4.84 Å². The predicted octanol–water partition coefficient (Wildman–Crippen LogP) is 3.90. The number of halogens is 1. The number of phenols is 1. The zero-order valence-corrected chi connectivity index (χ0v) is 15.8. The first-order chi connectivity index (χ1) is 13.3. The van der Waals surface area contributed by atoms with Crippen LogP contribution in [0.1, 0.15) is 17.3 Å². The van der Waals surface area contributed by atoms with Gasteiger partial charge in [0.1, 0.15) is 11.8 Å². The van der Waals surface area contributed by atoms with Crippen molar-refractivity contribution in [3.63, 3.8) is 0 Å². The van der Waals surface area contributed by atoms with Gasteiger partial charge in [0, 0.05) is 10.9 Å². The van der Waals surface area contributed by atoms with Crippen LogP contribution in [0.5, 0.6) is 17.4 Å². The Balaban J connectivity index is 1.90. The normalized spacial score (nSPS) is 18.4. The van der Waals surface area contributed by atoms with Gasteiger partial charge in [-0.15, -0.1) is 5.48 Å². The van der Waals surface area contributed by atoms with Crippen molar-refractivity contribution in [2.75, 3.05) is 7.11 Å². The summed E-state index contributed by atoms with van der Waals surface area (Å²) >= 11 is 6.44. The van der Waals surface area contributed by atoms with Crippen LogP contribution < -0.4 is 10.2 Å². The van der Waals surface area contributed by atoms with Crippen LogP contribution in [0.15, 0.2) is 42.7 Å². The summed E-state index contributed by atoms with van der Waals surface area (Å²) in [5, 5.41) is 21.1. The van der Waals surface area contributed by atoms with E-state index in [1.54, 1.807) is 37.3 Å². The molecule has 4 rings (SSSR count). The topological polar surface area (TPSA) is 104 Å². The quantitative estimate of drug-likeness (QED) is 0.495. The molecule has 3 aromatic rings. The number of rotatable bonds is 4. The second-order valence-electron chi connectivity index (χ2n) is 6.67. The Morgan fingerprint density at radius 1 is 1.25 bits per heavy atom. The van der Waals surface area contributed by atoms with Gasteiger partial charge < -0.3 is 24.8 Å². The number of H-pyrrole nitrogens is 1. The summed E-state index contributed by atoms with van der Waals surface area (Å²) in [6, 6.07) is 8.19. The third-order valence-electron chi connectivity index (χ3n) is 4.80. The van der Waals surface area contributed by atoms with Crippen LogP contribution in [0, 0.1) is 0 Å². The molecule has 0 spiro atoms. The summed E-state index contributed by atoms with van der Waals surface area (Å²) in [7, 11) is 1.45. The smallest absolute Gasteiger partial charge is 0.200 e. The maximum absolute atomic E-state index is 13.1. The lowest BCUT2D eigenvalue weighted by Crippen LogP contribution is -2.43. The van der Waals surface area contributed by atoms with Gasteiger partial charge >= 0.3 is 0 Å². The van der Waals surface area contributed by atoms with E-state index < -0.39 is 5.54 Å². The van der Waals surface area contributed by atoms with Gasteiger partial charge in [0.15, 0.2) is 17.3 Å². The van der Waals surface area contributed by atoms with Gasteiger partial charge in [0.2, 0.25) is 5.88 Å². The number of carbonyl (C=O) groups is 1. The van der Waals surface area contributed by atoms with Crippen molar-refractivity contribution in [2.24, 2.45) is 0 Å². The number of nitrogens with one attached hydrogen (secondary N) is 2. The standard InChI is InChI=1S/C20H17ClN2O5/c1-20(5-6-28-23-20)18(25)17-12-8-11(13(21)9-14(12)22-19(17)26)10-3-4-15(24)16(7-10)27-2/h3-9,22-24,26H,1-2H3. The molecule has 0 fully saturated rings. The van der Waals surface area contributed by atoms with Crippen molar-refractivity contribution in [3.05, 3.63) is 53.3 Å². The number of aromatic amines is 1. The highest BCUT2D eigenvalue weighted by Crippen LogP contribution is 2.40. The Hall–Kier alpha value is -3.16. The van der Waals surface area contributed by atoms with Crippen LogP contribution in [0.25, 0.3) is 22.0 Å². The van der Waals surface area contributed by atoms with E-state index in [0.717, 1.165) is 0 Å². The summed E-state index contributed by atoms with van der Waals surface area (Å²) in [5.41, 5.74) is 3.49. The average Bonchev–Trinajstić information content (AvgIpc) is 3.24. The molecule has 7 nitrogen and oxygen atoms in total. The van der Waals surface area contributed by atoms with Gasteiger partial charge in [-0.2, -0.15) is 0 Å². The minimum atomic E-state index is -1.10. The number of ketones is 1. The molecule has 1 aliphatic heterocycles. The van der Waals surface area contributed by atoms with Crippen molar-refractivity contribution in [1.29, 1.82) is 0 Å². The maximum atomic E-state index is 13.1. The number of aromatic hydroxyl groups is 2. The first kappa shape index (κ1) is 18.2. The molecule has 0 amide bonds. The number of hydroxylamine groups is 1. The number of fused-ring (bicyclic) bond motifs is 1. The number of aromatic nitrogens is 1. The Morgan fingerprint density at radius 2 is 2.04 bits per heavy atom. The molecule has 2 heterocycles. The number of hydrogen-bond donors (Lipinski definition) is 4. The average molecular weight is 401 g/mol. The van der Waals surface area contributed by atoms with Crippen molar-refractivity contribution in [2.45, 2.75) is 12.5 Å². The molecule has 8 heteroatoms. The molecule has 2 aromatic carbocycles. The second kappa shape index (κ2) is 6.47. The van der Waals surface area contributed by atoms with E-state index in [2.05, 4.69) is 10.5 Å². The van der Waals surface area contributed by atoms with Crippen LogP contribution >= 0.6 is 11.6 Å². The van der Waals surface area contributed by atoms with E-state index in [0.29, 0.717) is 32.8 Å². The number of ether oxygens (including phenoxy) is 1. The number of carbonyl (C=O) groups excluding carboxylic acids is 1. The van der Waals surface area contributed by atoms with E-state index >= 15 is 0 Å². The molecular formula is C20H17ClN2O5. The number of hydrogen-bond acceptors (Lipinski definition) is 6. The van der Waals surface area contributed by atoms with E-state index in [4.69, 9.17) is 21.2 Å². The molecule has 1 unspecified atom stereocenters. The number of benzene rings is 2. The van der Waals surface area contributed by atoms with Gasteiger partial charge in [-0.1, -0.05) is 17.7 Å². The molecule has 1 atom stereocenters. The van der Waals surface area contributed by atoms with Gasteiger partial charge in [0.05, 0.1) is 23.2 Å². The molecule has 1 aromatic heterocycles. The highest BCUT2D eigenvalue weighted by atomic mass is 35.5. The van der Waals surface area contributed by atoms with Crippen molar-refractivity contribution in [1.82, 2.24) is 10.5 Å². The summed E-state index contributed by atoms with van der Waals surface area (Å²) in [6.45, 7) is 1.65. The molecule has 0 saturated carbocycles. The van der Waals surface area contributed by atoms with Gasteiger partial charge in [-0.25, -0.2) is 0 Å². The van der Waals surface area contributed by atoms with E-state index in [1.165, 1.54) is 19.4 Å². The van der Waals surface area contributed by atoms with Crippen molar-refractivity contribution >= 4 is 28.3 Å². The third-order valence-corrected chi connectivity index (χ3v) is 5.11. The number of Topliss-reactive ketones (excluding diaryl/α,β-unsaturated/α-hetero) is 1. The van der Waals surface area contributed by atoms with E-state index in [-0.39, 0.29) is 23.0 Å². The van der Waals surface area contributed by atoms with Crippen molar-refractivity contribution in [3.8, 4) is 28.5 Å². The molecule has 0 bridgehead atoms. The zero-order valence-electron chi connectivity index (χ0n) is 15.0. The van der Waals surface area contributed by atoms with Crippen LogP contribution in [0.3, 0.4) is 0 Å². The number of phenolic OH excluding ortho intramolecular Hbond substituents is 1. The lowest BCUT2D eigenvalue weighted by molar-refractivity contribution is 0.0694. The lowest BCUT2D eigenvalue weighted by atomic mass is 9.91. The molecule has 4 N–H and O–H groups in total. The molecule has 144 valence electrons. The maximum Gasteiger partial charge on any atom is 0.200 e. The lowest BCUT2D eigenvalue weighted by Gasteiger charge is -2.18. The van der Waals surface area contributed by atoms with Gasteiger partial charge in [-0.3, -0.25) is 4.79 Å². The van der Waals surface area contributed by atoms with Gasteiger partial charge in [-0.05, 0) is 42.8 Å². The van der Waals surface area contributed by atoms with Crippen molar-refractivity contribution < 1.29 is 24.6 Å². The summed E-state index contributed by atoms with van der Waals surface area (Å²) in [6.07, 6.45) is 2.96. The van der Waals surface area contributed by atoms with Crippen LogP contribution in [0.2, 0.25) is 5.02 Å². The summed E-state index contributed by atoms with van der Waals surface area (Å²) < 4.78 is 5.16. The van der Waals surface area contributed by atoms with E-state index in [9.17, 15) is 15.0 Å². The Labute approximate surface area is 165 Å². The Kier molecular flexibility index (Phi) is 4.21. The SMILES string of the molecule is COc1cc(-c2cc3c(C(=O)C4(C)C=CON4)c(O)[nH]c3cc2Cl)ccc1O. The van der Waals surface area contributed by atoms with Gasteiger partial charge in [0.25, 0.3) is 0 Å². The highest BCUT2D eigenvalue weighted by molar-refractivity contribution is 6.34. The second-order valence-corrected chi connectivity index (χ2v) is 7.07. The zero-order chi connectivity index (χ0) is 20.1. The van der Waals surface area contributed by atoms with Crippen LogP contribution in [0.4, 0.5) is 0 Å². The third kappa shape index (κ3) is 2.76. The highest BCUT2D eigenvalue weighted by Gasteiger charge is 2.38. The minimum Gasteiger partial charge on any atom is -0.504 e. The monoisotopic (exact) mass is 400 g/mol. The molecule has 0 saturated heterocycles. The Morgan fingerprint density at radius 3 is 2.71 bits per heavy atom. The van der Waals surface area contributed by atoms with E-state index in [1.807, 2.05) is 0 Å². The molecule has 1 aliphatic rings. The fourth-order valence-electron chi connectivity index (χ4n) is 3.24. The molecular weight excluding hydrogens is 384 g/mol. The fraction of sp³-hybridized carbons (Fsp3) is 0.150.